The minimum Gasteiger partial charge on any atom is -0.447 e. The quantitative estimate of drug-likeness (QED) is 0.765. The van der Waals surface area contributed by atoms with Gasteiger partial charge in [-0.2, -0.15) is 0 Å². The van der Waals surface area contributed by atoms with Gasteiger partial charge in [-0.1, -0.05) is 62.2 Å². The van der Waals surface area contributed by atoms with Gasteiger partial charge in [0.1, 0.15) is 6.61 Å². The van der Waals surface area contributed by atoms with Crippen LogP contribution < -0.4 is 0 Å². The number of imide groups is 1. The largest absolute Gasteiger partial charge is 0.447 e. The van der Waals surface area contributed by atoms with E-state index < -0.39 is 6.09 Å². The number of cyclic esters (lactones) is 1. The number of ether oxygens (including phenoxy) is 1. The number of rotatable bonds is 3. The third-order valence-electron chi connectivity index (χ3n) is 6.36. The average Bonchev–Trinajstić information content (AvgIpc) is 3.02. The van der Waals surface area contributed by atoms with Gasteiger partial charge >= 0.3 is 6.09 Å². The molecule has 2 amide bonds. The van der Waals surface area contributed by atoms with Crippen LogP contribution in [-0.4, -0.2) is 29.5 Å². The van der Waals surface area contributed by atoms with Crippen LogP contribution in [0.3, 0.4) is 0 Å². The Morgan fingerprint density at radius 1 is 1.15 bits per heavy atom. The van der Waals surface area contributed by atoms with E-state index in [0.29, 0.717) is 24.9 Å². The van der Waals surface area contributed by atoms with Gasteiger partial charge in [-0.3, -0.25) is 4.79 Å². The lowest BCUT2D eigenvalue weighted by molar-refractivity contribution is -0.138. The van der Waals surface area contributed by atoms with Gasteiger partial charge in [-0.15, -0.1) is 0 Å². The number of hydrogen-bond donors (Lipinski definition) is 0. The van der Waals surface area contributed by atoms with E-state index in [-0.39, 0.29) is 23.8 Å². The molecule has 1 saturated heterocycles. The Bertz CT molecular complexity index is 699. The van der Waals surface area contributed by atoms with Crippen molar-refractivity contribution in [2.75, 3.05) is 6.61 Å². The topological polar surface area (TPSA) is 46.6 Å². The molecule has 4 rings (SSSR count). The molecule has 1 aromatic carbocycles. The summed E-state index contributed by atoms with van der Waals surface area (Å²) in [5.74, 6) is 0.895. The van der Waals surface area contributed by atoms with Crippen molar-refractivity contribution in [2.24, 2.45) is 23.7 Å². The molecule has 4 nitrogen and oxygen atoms in total. The van der Waals surface area contributed by atoms with Crippen molar-refractivity contribution < 1.29 is 14.3 Å². The Labute approximate surface area is 155 Å². The van der Waals surface area contributed by atoms with Gasteiger partial charge < -0.3 is 4.74 Å². The number of benzene rings is 1. The molecule has 0 bridgehead atoms. The van der Waals surface area contributed by atoms with E-state index in [9.17, 15) is 9.59 Å². The first-order valence-electron chi connectivity index (χ1n) is 9.87. The third-order valence-corrected chi connectivity index (χ3v) is 6.36. The molecule has 3 aliphatic rings. The van der Waals surface area contributed by atoms with E-state index in [0.717, 1.165) is 18.4 Å². The molecule has 2 fully saturated rings. The molecule has 0 unspecified atom stereocenters. The average molecular weight is 353 g/mol. The lowest BCUT2D eigenvalue weighted by Crippen LogP contribution is -2.49. The van der Waals surface area contributed by atoms with Crippen molar-refractivity contribution in [3.8, 4) is 0 Å². The van der Waals surface area contributed by atoms with E-state index >= 15 is 0 Å². The van der Waals surface area contributed by atoms with Crippen LogP contribution in [0.15, 0.2) is 42.5 Å². The highest BCUT2D eigenvalue weighted by atomic mass is 16.6. The number of fused-ring (bicyclic) bond motifs is 1. The second kappa shape index (κ2) is 7.26. The van der Waals surface area contributed by atoms with Crippen LogP contribution in [0.25, 0.3) is 0 Å². The molecule has 1 aromatic rings. The molecule has 138 valence electrons. The van der Waals surface area contributed by atoms with E-state index in [1.54, 1.807) is 0 Å². The Balaban J connectivity index is 1.56. The zero-order valence-corrected chi connectivity index (χ0v) is 15.3. The maximum absolute atomic E-state index is 13.5. The molecular formula is C22H27NO3. The van der Waals surface area contributed by atoms with Crippen molar-refractivity contribution in [3.05, 3.63) is 48.0 Å². The van der Waals surface area contributed by atoms with Gasteiger partial charge in [0.15, 0.2) is 0 Å². The maximum Gasteiger partial charge on any atom is 0.416 e. The summed E-state index contributed by atoms with van der Waals surface area (Å²) in [5.41, 5.74) is 1.13. The summed E-state index contributed by atoms with van der Waals surface area (Å²) in [6.07, 6.45) is 9.35. The molecule has 1 saturated carbocycles. The van der Waals surface area contributed by atoms with Crippen molar-refractivity contribution in [1.29, 1.82) is 0 Å². The maximum atomic E-state index is 13.5. The Morgan fingerprint density at radius 2 is 1.92 bits per heavy atom. The molecule has 26 heavy (non-hydrogen) atoms. The summed E-state index contributed by atoms with van der Waals surface area (Å²) in [4.78, 5) is 27.3. The second-order valence-corrected chi connectivity index (χ2v) is 8.01. The lowest BCUT2D eigenvalue weighted by atomic mass is 9.64. The first-order chi connectivity index (χ1) is 12.6. The first kappa shape index (κ1) is 17.3. The number of hydrogen-bond acceptors (Lipinski definition) is 3. The number of allylic oxidation sites excluding steroid dienone is 2. The van der Waals surface area contributed by atoms with Crippen LogP contribution >= 0.6 is 0 Å². The van der Waals surface area contributed by atoms with Crippen LogP contribution in [0.5, 0.6) is 0 Å². The molecule has 5 atom stereocenters. The van der Waals surface area contributed by atoms with Crippen LogP contribution in [0.2, 0.25) is 0 Å². The van der Waals surface area contributed by atoms with Crippen molar-refractivity contribution >= 4 is 12.0 Å². The summed E-state index contributed by atoms with van der Waals surface area (Å²) < 4.78 is 5.28. The van der Waals surface area contributed by atoms with Gasteiger partial charge in [-0.25, -0.2) is 9.69 Å². The summed E-state index contributed by atoms with van der Waals surface area (Å²) in [7, 11) is 0. The Kier molecular flexibility index (Phi) is 4.84. The summed E-state index contributed by atoms with van der Waals surface area (Å²) in [6, 6.07) is 9.82. The molecule has 0 spiro atoms. The molecule has 1 heterocycles. The zero-order chi connectivity index (χ0) is 18.1. The van der Waals surface area contributed by atoms with Crippen molar-refractivity contribution in [3.63, 3.8) is 0 Å². The van der Waals surface area contributed by atoms with Crippen LogP contribution in [0.4, 0.5) is 4.79 Å². The summed E-state index contributed by atoms with van der Waals surface area (Å²) in [5, 5.41) is 0. The van der Waals surface area contributed by atoms with Gasteiger partial charge in [0.05, 0.1) is 6.04 Å². The highest BCUT2D eigenvalue weighted by Gasteiger charge is 2.47. The number of carbonyl (C=O) groups excluding carboxylic acids is 2. The Hall–Kier alpha value is -2.10. The zero-order valence-electron chi connectivity index (χ0n) is 15.3. The second-order valence-electron chi connectivity index (χ2n) is 8.01. The number of amides is 2. The van der Waals surface area contributed by atoms with Gasteiger partial charge in [0.25, 0.3) is 0 Å². The first-order valence-corrected chi connectivity index (χ1v) is 9.87. The standard InChI is InChI=1S/C22H27NO3/c1-15-11-12-17-9-5-6-10-19(17)20(15)21(24)23-18(14-26-22(23)25)13-16-7-3-2-4-8-16/h2-4,7-8,11-12,15,17-20H,5-6,9-10,13-14H2,1H3/t15-,17+,18-,19-,20-/m1/s1. The van der Waals surface area contributed by atoms with Gasteiger partial charge in [0, 0.05) is 5.92 Å². The molecule has 4 heteroatoms. The molecule has 0 aromatic heterocycles. The fourth-order valence-corrected chi connectivity index (χ4v) is 5.04. The number of carbonyl (C=O) groups is 2. The van der Waals surface area contributed by atoms with Gasteiger partial charge in [0.2, 0.25) is 5.91 Å². The van der Waals surface area contributed by atoms with E-state index in [2.05, 4.69) is 19.1 Å². The van der Waals surface area contributed by atoms with E-state index in [1.807, 2.05) is 30.3 Å². The predicted molar refractivity (Wildman–Crippen MR) is 99.4 cm³/mol. The molecule has 2 aliphatic carbocycles. The molecular weight excluding hydrogens is 326 g/mol. The normalized spacial score (nSPS) is 33.7. The monoisotopic (exact) mass is 353 g/mol. The van der Waals surface area contributed by atoms with Crippen molar-refractivity contribution in [2.45, 2.75) is 45.1 Å². The van der Waals surface area contributed by atoms with Crippen molar-refractivity contribution in [1.82, 2.24) is 4.90 Å². The van der Waals surface area contributed by atoms with Crippen LogP contribution in [-0.2, 0) is 16.0 Å². The highest BCUT2D eigenvalue weighted by Crippen LogP contribution is 2.44. The minimum absolute atomic E-state index is 0.0258. The van der Waals surface area contributed by atoms with Crippen LogP contribution in [0, 0.1) is 23.7 Å². The SMILES string of the molecule is C[C@@H]1C=C[C@@H]2CCCC[C@H]2[C@@H]1C(=O)N1C(=O)OC[C@H]1Cc1ccccc1. The highest BCUT2D eigenvalue weighted by molar-refractivity contribution is 5.95. The van der Waals surface area contributed by atoms with Gasteiger partial charge in [-0.05, 0) is 42.6 Å². The molecule has 1 aliphatic heterocycles. The van der Waals surface area contributed by atoms with Crippen LogP contribution in [0.1, 0.15) is 38.2 Å². The lowest BCUT2D eigenvalue weighted by Gasteiger charge is -2.41. The molecule has 0 N–H and O–H groups in total. The summed E-state index contributed by atoms with van der Waals surface area (Å²) in [6.45, 7) is 2.40. The van der Waals surface area contributed by atoms with E-state index in [4.69, 9.17) is 4.74 Å². The molecule has 0 radical (unpaired) electrons. The fourth-order valence-electron chi connectivity index (χ4n) is 5.04. The third kappa shape index (κ3) is 3.17. The predicted octanol–water partition coefficient (Wildman–Crippen LogP) is 4.21. The number of nitrogens with zero attached hydrogens (tertiary/aromatic N) is 1. The Morgan fingerprint density at radius 3 is 2.73 bits per heavy atom. The minimum atomic E-state index is -0.468. The fraction of sp³-hybridized carbons (Fsp3) is 0.545. The summed E-state index contributed by atoms with van der Waals surface area (Å²) >= 11 is 0. The van der Waals surface area contributed by atoms with E-state index in [1.165, 1.54) is 17.7 Å². The smallest absolute Gasteiger partial charge is 0.416 e.